The summed E-state index contributed by atoms with van der Waals surface area (Å²) in [6.07, 6.45) is 4.90. The average Bonchev–Trinajstić information content (AvgIpc) is 3.16. The van der Waals surface area contributed by atoms with Gasteiger partial charge in [-0.05, 0) is 43.2 Å². The molecule has 0 unspecified atom stereocenters. The van der Waals surface area contributed by atoms with Crippen molar-refractivity contribution in [3.8, 4) is 11.5 Å². The lowest BCUT2D eigenvalue weighted by atomic mass is 10.0. The van der Waals surface area contributed by atoms with Crippen molar-refractivity contribution >= 4 is 40.6 Å². The van der Waals surface area contributed by atoms with Gasteiger partial charge in [-0.2, -0.15) is 0 Å². The van der Waals surface area contributed by atoms with Crippen LogP contribution in [0.5, 0.6) is 11.5 Å². The SMILES string of the molecule is Fc1ccc(Oc2ccc(Cl)c(Cl)c2)c([C@@H]2CCCN2c2cncc(Cl)n2)c1. The van der Waals surface area contributed by atoms with E-state index in [4.69, 9.17) is 39.5 Å². The summed E-state index contributed by atoms with van der Waals surface area (Å²) in [6, 6.07) is 9.38. The fourth-order valence-corrected chi connectivity index (χ4v) is 3.81. The van der Waals surface area contributed by atoms with Crippen molar-refractivity contribution in [1.29, 1.82) is 0 Å². The Kier molecular flexibility index (Phi) is 5.58. The normalized spacial score (nSPS) is 16.4. The molecule has 0 spiro atoms. The lowest BCUT2D eigenvalue weighted by Crippen LogP contribution is -2.24. The topological polar surface area (TPSA) is 38.2 Å². The van der Waals surface area contributed by atoms with E-state index < -0.39 is 0 Å². The van der Waals surface area contributed by atoms with Crippen LogP contribution in [0.2, 0.25) is 15.2 Å². The van der Waals surface area contributed by atoms with Crippen molar-refractivity contribution in [3.63, 3.8) is 0 Å². The van der Waals surface area contributed by atoms with Gasteiger partial charge in [0.15, 0.2) is 0 Å². The van der Waals surface area contributed by atoms with Gasteiger partial charge in [-0.25, -0.2) is 9.37 Å². The molecule has 28 heavy (non-hydrogen) atoms. The maximum Gasteiger partial charge on any atom is 0.149 e. The Morgan fingerprint density at radius 3 is 2.68 bits per heavy atom. The van der Waals surface area contributed by atoms with Crippen LogP contribution in [0.25, 0.3) is 0 Å². The summed E-state index contributed by atoms with van der Waals surface area (Å²) in [7, 11) is 0. The summed E-state index contributed by atoms with van der Waals surface area (Å²) in [6.45, 7) is 0.766. The first-order valence-electron chi connectivity index (χ1n) is 8.68. The van der Waals surface area contributed by atoms with Crippen molar-refractivity contribution in [2.45, 2.75) is 18.9 Å². The van der Waals surface area contributed by atoms with Crippen LogP contribution >= 0.6 is 34.8 Å². The monoisotopic (exact) mass is 437 g/mol. The zero-order valence-electron chi connectivity index (χ0n) is 14.6. The van der Waals surface area contributed by atoms with Crippen LogP contribution < -0.4 is 9.64 Å². The fourth-order valence-electron chi connectivity index (χ4n) is 3.38. The molecule has 1 atom stereocenters. The molecule has 0 bridgehead atoms. The highest BCUT2D eigenvalue weighted by Gasteiger charge is 2.30. The third-order valence-corrected chi connectivity index (χ3v) is 5.51. The van der Waals surface area contributed by atoms with Gasteiger partial charge < -0.3 is 9.64 Å². The lowest BCUT2D eigenvalue weighted by molar-refractivity contribution is 0.466. The lowest BCUT2D eigenvalue weighted by Gasteiger charge is -2.27. The molecule has 0 aliphatic carbocycles. The van der Waals surface area contributed by atoms with E-state index in [1.165, 1.54) is 18.3 Å². The Bertz CT molecular complexity index is 1020. The molecule has 0 amide bonds. The molecule has 2 heterocycles. The van der Waals surface area contributed by atoms with E-state index in [0.717, 1.165) is 24.9 Å². The van der Waals surface area contributed by atoms with Crippen molar-refractivity contribution in [2.24, 2.45) is 0 Å². The van der Waals surface area contributed by atoms with Crippen LogP contribution in [0, 0.1) is 5.82 Å². The summed E-state index contributed by atoms with van der Waals surface area (Å²) in [5.41, 5.74) is 0.727. The van der Waals surface area contributed by atoms with Gasteiger partial charge in [-0.3, -0.25) is 4.98 Å². The second-order valence-electron chi connectivity index (χ2n) is 6.41. The highest BCUT2D eigenvalue weighted by atomic mass is 35.5. The van der Waals surface area contributed by atoms with Crippen LogP contribution in [-0.2, 0) is 0 Å². The molecule has 0 radical (unpaired) electrons. The Hall–Kier alpha value is -2.08. The molecule has 2 aromatic carbocycles. The minimum atomic E-state index is -0.333. The van der Waals surface area contributed by atoms with E-state index in [-0.39, 0.29) is 11.9 Å². The minimum Gasteiger partial charge on any atom is -0.457 e. The Morgan fingerprint density at radius 2 is 1.89 bits per heavy atom. The van der Waals surface area contributed by atoms with Crippen molar-refractivity contribution < 1.29 is 9.13 Å². The molecule has 4 nitrogen and oxygen atoms in total. The summed E-state index contributed by atoms with van der Waals surface area (Å²) in [5.74, 6) is 1.39. The number of halogens is 4. The van der Waals surface area contributed by atoms with Gasteiger partial charge in [0.1, 0.15) is 28.3 Å². The molecule has 1 aliphatic heterocycles. The summed E-state index contributed by atoms with van der Waals surface area (Å²) in [4.78, 5) is 10.5. The summed E-state index contributed by atoms with van der Waals surface area (Å²) < 4.78 is 20.1. The van der Waals surface area contributed by atoms with E-state index in [1.807, 2.05) is 0 Å². The third-order valence-electron chi connectivity index (χ3n) is 4.59. The smallest absolute Gasteiger partial charge is 0.149 e. The van der Waals surface area contributed by atoms with Gasteiger partial charge >= 0.3 is 0 Å². The number of hydrogen-bond acceptors (Lipinski definition) is 4. The molecular formula is C20H15Cl3FN3O. The highest BCUT2D eigenvalue weighted by Crippen LogP contribution is 2.41. The molecule has 1 saturated heterocycles. The van der Waals surface area contributed by atoms with E-state index in [2.05, 4.69) is 14.9 Å². The van der Waals surface area contributed by atoms with Crippen LogP contribution in [0.1, 0.15) is 24.4 Å². The molecule has 3 aromatic rings. The number of benzene rings is 2. The first kappa shape index (κ1) is 19.2. The van der Waals surface area contributed by atoms with Crippen molar-refractivity contribution in [1.82, 2.24) is 9.97 Å². The van der Waals surface area contributed by atoms with Crippen LogP contribution in [0.3, 0.4) is 0 Å². The quantitative estimate of drug-likeness (QED) is 0.454. The minimum absolute atomic E-state index is 0.110. The molecule has 1 aromatic heterocycles. The molecule has 0 N–H and O–H groups in total. The first-order chi connectivity index (χ1) is 13.5. The van der Waals surface area contributed by atoms with Gasteiger partial charge in [0.05, 0.1) is 28.5 Å². The molecule has 1 aliphatic rings. The largest absolute Gasteiger partial charge is 0.457 e. The second kappa shape index (κ2) is 8.11. The van der Waals surface area contributed by atoms with Crippen LogP contribution in [0.4, 0.5) is 10.2 Å². The number of aromatic nitrogens is 2. The van der Waals surface area contributed by atoms with E-state index in [1.54, 1.807) is 30.5 Å². The number of hydrogen-bond donors (Lipinski definition) is 0. The van der Waals surface area contributed by atoms with Gasteiger partial charge in [0.25, 0.3) is 0 Å². The zero-order chi connectivity index (χ0) is 19.7. The fraction of sp³-hybridized carbons (Fsp3) is 0.200. The second-order valence-corrected chi connectivity index (χ2v) is 7.61. The highest BCUT2D eigenvalue weighted by molar-refractivity contribution is 6.42. The number of nitrogens with zero attached hydrogens (tertiary/aromatic N) is 3. The number of rotatable bonds is 4. The Labute approximate surface area is 176 Å². The zero-order valence-corrected chi connectivity index (χ0v) is 16.8. The predicted octanol–water partition coefficient (Wildman–Crippen LogP) is 6.71. The number of anilines is 1. The maximum atomic E-state index is 14.1. The summed E-state index contributed by atoms with van der Waals surface area (Å²) >= 11 is 18.1. The molecule has 144 valence electrons. The van der Waals surface area contributed by atoms with Crippen molar-refractivity contribution in [3.05, 3.63) is 75.4 Å². The Balaban J connectivity index is 1.70. The van der Waals surface area contributed by atoms with E-state index >= 15 is 0 Å². The summed E-state index contributed by atoms with van der Waals surface area (Å²) in [5, 5.41) is 1.14. The predicted molar refractivity (Wildman–Crippen MR) is 109 cm³/mol. The molecule has 4 rings (SSSR count). The van der Waals surface area contributed by atoms with Gasteiger partial charge in [0.2, 0.25) is 0 Å². The molecule has 0 saturated carbocycles. The van der Waals surface area contributed by atoms with Gasteiger partial charge in [-0.1, -0.05) is 34.8 Å². The first-order valence-corrected chi connectivity index (χ1v) is 9.81. The average molecular weight is 439 g/mol. The van der Waals surface area contributed by atoms with Crippen LogP contribution in [0.15, 0.2) is 48.8 Å². The molecule has 8 heteroatoms. The number of ether oxygens (including phenoxy) is 1. The Morgan fingerprint density at radius 1 is 1.04 bits per heavy atom. The van der Waals surface area contributed by atoms with Crippen molar-refractivity contribution in [2.75, 3.05) is 11.4 Å². The molecular weight excluding hydrogens is 424 g/mol. The third kappa shape index (κ3) is 4.02. The maximum absolute atomic E-state index is 14.1. The molecule has 1 fully saturated rings. The van der Waals surface area contributed by atoms with Gasteiger partial charge in [0, 0.05) is 18.2 Å². The standard InChI is InChI=1S/C20H15Cl3FN3O/c21-15-5-4-13(9-16(15)22)28-18-6-3-12(24)8-14(18)17-2-1-7-27(17)20-11-25-10-19(23)26-20/h3-6,8-11,17H,1-2,7H2/t17-/m0/s1. The van der Waals surface area contributed by atoms with Crippen LogP contribution in [-0.4, -0.2) is 16.5 Å². The van der Waals surface area contributed by atoms with Gasteiger partial charge in [-0.15, -0.1) is 0 Å². The van der Waals surface area contributed by atoms with E-state index in [9.17, 15) is 4.39 Å². The van der Waals surface area contributed by atoms with E-state index in [0.29, 0.717) is 32.5 Å².